The van der Waals surface area contributed by atoms with Crippen LogP contribution in [0.5, 0.6) is 0 Å². The second-order valence-electron chi connectivity index (χ2n) is 5.66. The van der Waals surface area contributed by atoms with Gasteiger partial charge in [-0.3, -0.25) is 9.97 Å². The molecule has 4 heterocycles. The molecule has 2 aliphatic heterocycles. The van der Waals surface area contributed by atoms with E-state index in [1.54, 1.807) is 0 Å². The standard InChI is InChI=1S/C16H18N4/c1-2-5-18-15(3-1)13-7-14(9-17-8-13)20-10-12-4-6-19-16(12)11-20/h1-3,5,7-9,12,16,19H,4,6,10-11H2/t12-,16+/m1/s1. The Morgan fingerprint density at radius 3 is 3.05 bits per heavy atom. The van der Waals surface area contributed by atoms with Crippen molar-refractivity contribution in [1.29, 1.82) is 0 Å². The highest BCUT2D eigenvalue weighted by Crippen LogP contribution is 2.30. The van der Waals surface area contributed by atoms with Gasteiger partial charge in [-0.15, -0.1) is 0 Å². The fourth-order valence-corrected chi connectivity index (χ4v) is 3.33. The number of pyridine rings is 2. The minimum Gasteiger partial charge on any atom is -0.368 e. The lowest BCUT2D eigenvalue weighted by molar-refractivity contribution is 0.556. The monoisotopic (exact) mass is 266 g/mol. The van der Waals surface area contributed by atoms with Crippen LogP contribution in [0, 0.1) is 5.92 Å². The van der Waals surface area contributed by atoms with E-state index >= 15 is 0 Å². The van der Waals surface area contributed by atoms with Crippen LogP contribution in [-0.4, -0.2) is 35.6 Å². The summed E-state index contributed by atoms with van der Waals surface area (Å²) >= 11 is 0. The molecule has 0 unspecified atom stereocenters. The second-order valence-corrected chi connectivity index (χ2v) is 5.66. The van der Waals surface area contributed by atoms with Gasteiger partial charge in [-0.2, -0.15) is 0 Å². The quantitative estimate of drug-likeness (QED) is 0.902. The Kier molecular flexibility index (Phi) is 2.89. The van der Waals surface area contributed by atoms with Gasteiger partial charge >= 0.3 is 0 Å². The molecule has 4 heteroatoms. The predicted molar refractivity (Wildman–Crippen MR) is 79.6 cm³/mol. The molecule has 2 aromatic heterocycles. The molecule has 0 aliphatic carbocycles. The van der Waals surface area contributed by atoms with E-state index in [1.807, 2.05) is 36.8 Å². The van der Waals surface area contributed by atoms with E-state index in [9.17, 15) is 0 Å². The van der Waals surface area contributed by atoms with Crippen molar-refractivity contribution in [3.8, 4) is 11.3 Å². The molecule has 102 valence electrons. The summed E-state index contributed by atoms with van der Waals surface area (Å²) < 4.78 is 0. The molecular formula is C16H18N4. The topological polar surface area (TPSA) is 41.1 Å². The van der Waals surface area contributed by atoms with Crippen LogP contribution in [0.25, 0.3) is 11.3 Å². The number of nitrogens with one attached hydrogen (secondary N) is 1. The number of hydrogen-bond acceptors (Lipinski definition) is 4. The Morgan fingerprint density at radius 1 is 1.20 bits per heavy atom. The molecule has 2 atom stereocenters. The SMILES string of the molecule is c1ccc(-c2cncc(N3C[C@H]4CCN[C@H]4C3)c2)nc1. The molecule has 1 N–H and O–H groups in total. The van der Waals surface area contributed by atoms with E-state index in [0.29, 0.717) is 6.04 Å². The summed E-state index contributed by atoms with van der Waals surface area (Å²) in [6.07, 6.45) is 6.98. The van der Waals surface area contributed by atoms with Gasteiger partial charge in [0.1, 0.15) is 0 Å². The summed E-state index contributed by atoms with van der Waals surface area (Å²) in [4.78, 5) is 11.2. The molecular weight excluding hydrogens is 248 g/mol. The lowest BCUT2D eigenvalue weighted by atomic mass is 10.1. The molecule has 0 aromatic carbocycles. The normalized spacial score (nSPS) is 24.9. The van der Waals surface area contributed by atoms with E-state index in [4.69, 9.17) is 0 Å². The fraction of sp³-hybridized carbons (Fsp3) is 0.375. The second kappa shape index (κ2) is 4.87. The molecule has 0 saturated carbocycles. The smallest absolute Gasteiger partial charge is 0.0718 e. The zero-order valence-electron chi connectivity index (χ0n) is 11.4. The van der Waals surface area contributed by atoms with Gasteiger partial charge < -0.3 is 10.2 Å². The van der Waals surface area contributed by atoms with Gasteiger partial charge in [0.2, 0.25) is 0 Å². The number of nitrogens with zero attached hydrogens (tertiary/aromatic N) is 3. The molecule has 2 fully saturated rings. The van der Waals surface area contributed by atoms with Crippen LogP contribution < -0.4 is 10.2 Å². The van der Waals surface area contributed by atoms with E-state index in [1.165, 1.54) is 18.7 Å². The van der Waals surface area contributed by atoms with Crippen molar-refractivity contribution < 1.29 is 0 Å². The Bertz CT molecular complexity index is 586. The molecule has 4 rings (SSSR count). The number of rotatable bonds is 2. The van der Waals surface area contributed by atoms with Gasteiger partial charge in [0.05, 0.1) is 17.6 Å². The van der Waals surface area contributed by atoms with Crippen LogP contribution in [0.15, 0.2) is 42.9 Å². The summed E-state index contributed by atoms with van der Waals surface area (Å²) in [6, 6.07) is 8.85. The number of aromatic nitrogens is 2. The van der Waals surface area contributed by atoms with Crippen molar-refractivity contribution in [3.05, 3.63) is 42.9 Å². The first-order chi connectivity index (χ1) is 9.90. The van der Waals surface area contributed by atoms with Crippen LogP contribution in [0.1, 0.15) is 6.42 Å². The number of anilines is 1. The van der Waals surface area contributed by atoms with Crippen LogP contribution in [0.2, 0.25) is 0 Å². The number of hydrogen-bond donors (Lipinski definition) is 1. The molecule has 2 aliphatic rings. The summed E-state index contributed by atoms with van der Waals surface area (Å²) in [7, 11) is 0. The van der Waals surface area contributed by atoms with Crippen molar-refractivity contribution >= 4 is 5.69 Å². The first-order valence-corrected chi connectivity index (χ1v) is 7.25. The van der Waals surface area contributed by atoms with Crippen molar-refractivity contribution in [2.45, 2.75) is 12.5 Å². The van der Waals surface area contributed by atoms with Gasteiger partial charge in [-0.1, -0.05) is 6.07 Å². The molecule has 0 amide bonds. The molecule has 0 spiro atoms. The van der Waals surface area contributed by atoms with Gasteiger partial charge in [0, 0.05) is 37.1 Å². The largest absolute Gasteiger partial charge is 0.368 e. The summed E-state index contributed by atoms with van der Waals surface area (Å²) in [6.45, 7) is 3.42. The maximum Gasteiger partial charge on any atom is 0.0718 e. The molecule has 20 heavy (non-hydrogen) atoms. The Labute approximate surface area is 118 Å². The van der Waals surface area contributed by atoms with Crippen LogP contribution >= 0.6 is 0 Å². The van der Waals surface area contributed by atoms with E-state index in [2.05, 4.69) is 26.3 Å². The van der Waals surface area contributed by atoms with Crippen LogP contribution in [0.3, 0.4) is 0 Å². The molecule has 0 bridgehead atoms. The highest BCUT2D eigenvalue weighted by molar-refractivity contribution is 5.64. The zero-order valence-corrected chi connectivity index (χ0v) is 11.4. The summed E-state index contributed by atoms with van der Waals surface area (Å²) in [5.74, 6) is 0.800. The third kappa shape index (κ3) is 2.06. The van der Waals surface area contributed by atoms with Crippen LogP contribution in [-0.2, 0) is 0 Å². The average Bonchev–Trinajstić information content (AvgIpc) is 3.10. The lowest BCUT2D eigenvalue weighted by Crippen LogP contribution is -2.30. The van der Waals surface area contributed by atoms with E-state index in [0.717, 1.165) is 30.3 Å². The fourth-order valence-electron chi connectivity index (χ4n) is 3.33. The van der Waals surface area contributed by atoms with E-state index < -0.39 is 0 Å². The minimum atomic E-state index is 0.661. The van der Waals surface area contributed by atoms with Crippen LogP contribution in [0.4, 0.5) is 5.69 Å². The van der Waals surface area contributed by atoms with Gasteiger partial charge in [-0.05, 0) is 37.1 Å². The predicted octanol–water partition coefficient (Wildman–Crippen LogP) is 1.94. The summed E-state index contributed by atoms with van der Waals surface area (Å²) in [5, 5.41) is 3.59. The minimum absolute atomic E-state index is 0.661. The molecule has 4 nitrogen and oxygen atoms in total. The van der Waals surface area contributed by atoms with E-state index in [-0.39, 0.29) is 0 Å². The van der Waals surface area contributed by atoms with Gasteiger partial charge in [-0.25, -0.2) is 0 Å². The first-order valence-electron chi connectivity index (χ1n) is 7.25. The van der Waals surface area contributed by atoms with Crippen molar-refractivity contribution in [1.82, 2.24) is 15.3 Å². The van der Waals surface area contributed by atoms with Gasteiger partial charge in [0.15, 0.2) is 0 Å². The Hall–Kier alpha value is -1.94. The third-order valence-electron chi connectivity index (χ3n) is 4.41. The molecule has 2 saturated heterocycles. The maximum absolute atomic E-state index is 4.40. The van der Waals surface area contributed by atoms with Gasteiger partial charge in [0.25, 0.3) is 0 Å². The average molecular weight is 266 g/mol. The Morgan fingerprint density at radius 2 is 2.20 bits per heavy atom. The first kappa shape index (κ1) is 11.9. The maximum atomic E-state index is 4.40. The van der Waals surface area contributed by atoms with Crippen molar-refractivity contribution in [2.75, 3.05) is 24.5 Å². The highest BCUT2D eigenvalue weighted by atomic mass is 15.2. The molecule has 2 aromatic rings. The highest BCUT2D eigenvalue weighted by Gasteiger charge is 2.36. The summed E-state index contributed by atoms with van der Waals surface area (Å²) in [5.41, 5.74) is 3.29. The third-order valence-corrected chi connectivity index (χ3v) is 4.41. The Balaban J connectivity index is 1.61. The molecule has 0 radical (unpaired) electrons. The van der Waals surface area contributed by atoms with Crippen molar-refractivity contribution in [2.24, 2.45) is 5.92 Å². The lowest BCUT2D eigenvalue weighted by Gasteiger charge is -2.19. The zero-order chi connectivity index (χ0) is 13.4. The van der Waals surface area contributed by atoms with Crippen molar-refractivity contribution in [3.63, 3.8) is 0 Å². The number of fused-ring (bicyclic) bond motifs is 1.